The number of amides is 2. The lowest BCUT2D eigenvalue weighted by Gasteiger charge is -2.18. The lowest BCUT2D eigenvalue weighted by Crippen LogP contribution is -2.46. The molecule has 6 nitrogen and oxygen atoms in total. The summed E-state index contributed by atoms with van der Waals surface area (Å²) in [5.74, 6) is -1.86. The summed E-state index contributed by atoms with van der Waals surface area (Å²) in [4.78, 5) is 34.8. The van der Waals surface area contributed by atoms with Gasteiger partial charge in [-0.25, -0.2) is 4.79 Å². The van der Waals surface area contributed by atoms with Crippen LogP contribution >= 0.6 is 0 Å². The highest BCUT2D eigenvalue weighted by Crippen LogP contribution is 2.17. The highest BCUT2D eigenvalue weighted by atomic mass is 16.4. The predicted octanol–water partition coefficient (Wildman–Crippen LogP) is 1.35. The third kappa shape index (κ3) is 7.99. The van der Waals surface area contributed by atoms with E-state index in [2.05, 4.69) is 10.6 Å². The maximum Gasteiger partial charge on any atom is 0.326 e. The molecule has 126 valence electrons. The number of carbonyl (C=O) groups is 3. The van der Waals surface area contributed by atoms with Gasteiger partial charge in [-0.2, -0.15) is 0 Å². The van der Waals surface area contributed by atoms with E-state index in [4.69, 9.17) is 0 Å². The maximum absolute atomic E-state index is 11.8. The molecular formula is C17H24N2O4. The topological polar surface area (TPSA) is 95.5 Å². The van der Waals surface area contributed by atoms with Gasteiger partial charge in [-0.1, -0.05) is 51.1 Å². The maximum atomic E-state index is 11.8. The SMILES string of the molecule is CC(C)(C)CC(=O)NCC(=O)NC(Cc1ccccc1)C(=O)O. The van der Waals surface area contributed by atoms with Crippen LogP contribution in [0.5, 0.6) is 0 Å². The molecule has 0 aliphatic heterocycles. The van der Waals surface area contributed by atoms with Gasteiger partial charge in [0.2, 0.25) is 11.8 Å². The smallest absolute Gasteiger partial charge is 0.326 e. The lowest BCUT2D eigenvalue weighted by molar-refractivity contribution is -0.141. The van der Waals surface area contributed by atoms with Crippen LogP contribution < -0.4 is 10.6 Å². The predicted molar refractivity (Wildman–Crippen MR) is 86.8 cm³/mol. The standard InChI is InChI=1S/C17H24N2O4/c1-17(2,3)10-14(20)18-11-15(21)19-13(16(22)23)9-12-7-5-4-6-8-12/h4-8,13H,9-11H2,1-3H3,(H,18,20)(H,19,21)(H,22,23). The molecule has 1 atom stereocenters. The van der Waals surface area contributed by atoms with E-state index in [1.54, 1.807) is 12.1 Å². The molecule has 1 rings (SSSR count). The van der Waals surface area contributed by atoms with E-state index in [1.165, 1.54) is 0 Å². The minimum atomic E-state index is -1.11. The van der Waals surface area contributed by atoms with Gasteiger partial charge in [-0.3, -0.25) is 9.59 Å². The summed E-state index contributed by atoms with van der Waals surface area (Å²) in [7, 11) is 0. The fourth-order valence-corrected chi connectivity index (χ4v) is 2.02. The fourth-order valence-electron chi connectivity index (χ4n) is 2.02. The molecule has 0 saturated carbocycles. The zero-order valence-corrected chi connectivity index (χ0v) is 13.8. The number of benzene rings is 1. The molecule has 3 N–H and O–H groups in total. The van der Waals surface area contributed by atoms with E-state index in [9.17, 15) is 19.5 Å². The van der Waals surface area contributed by atoms with Crippen LogP contribution in [0, 0.1) is 5.41 Å². The van der Waals surface area contributed by atoms with Crippen LogP contribution in [0.1, 0.15) is 32.8 Å². The van der Waals surface area contributed by atoms with Gasteiger partial charge in [0.25, 0.3) is 0 Å². The van der Waals surface area contributed by atoms with E-state index in [0.29, 0.717) is 6.42 Å². The minimum absolute atomic E-state index is 0.169. The first-order chi connectivity index (χ1) is 10.7. The van der Waals surface area contributed by atoms with E-state index in [0.717, 1.165) is 5.56 Å². The largest absolute Gasteiger partial charge is 0.480 e. The molecule has 0 aliphatic carbocycles. The van der Waals surface area contributed by atoms with E-state index in [1.807, 2.05) is 39.0 Å². The second kappa shape index (κ2) is 8.31. The number of carboxylic acids is 1. The summed E-state index contributed by atoms with van der Waals surface area (Å²) >= 11 is 0. The number of hydrogen-bond donors (Lipinski definition) is 3. The third-order valence-corrected chi connectivity index (χ3v) is 3.05. The number of carbonyl (C=O) groups excluding carboxylic acids is 2. The second-order valence-electron chi connectivity index (χ2n) is 6.66. The van der Waals surface area contributed by atoms with Crippen LogP contribution in [0.15, 0.2) is 30.3 Å². The first-order valence-corrected chi connectivity index (χ1v) is 7.50. The van der Waals surface area contributed by atoms with Crippen molar-refractivity contribution in [2.24, 2.45) is 5.41 Å². The molecule has 0 bridgehead atoms. The van der Waals surface area contributed by atoms with Crippen LogP contribution in [0.3, 0.4) is 0 Å². The van der Waals surface area contributed by atoms with Gasteiger partial charge in [0, 0.05) is 12.8 Å². The summed E-state index contributed by atoms with van der Waals surface area (Å²) in [6.07, 6.45) is 0.491. The molecule has 0 saturated heterocycles. The van der Waals surface area contributed by atoms with Crippen LogP contribution in [0.4, 0.5) is 0 Å². The van der Waals surface area contributed by atoms with Gasteiger partial charge in [0.05, 0.1) is 6.54 Å². The summed E-state index contributed by atoms with van der Waals surface area (Å²) < 4.78 is 0. The van der Waals surface area contributed by atoms with Crippen molar-refractivity contribution in [3.05, 3.63) is 35.9 Å². The van der Waals surface area contributed by atoms with Crippen molar-refractivity contribution in [2.45, 2.75) is 39.7 Å². The van der Waals surface area contributed by atoms with Crippen molar-refractivity contribution in [1.29, 1.82) is 0 Å². The van der Waals surface area contributed by atoms with Crippen molar-refractivity contribution >= 4 is 17.8 Å². The molecular weight excluding hydrogens is 296 g/mol. The number of hydrogen-bond acceptors (Lipinski definition) is 3. The molecule has 1 aromatic carbocycles. The molecule has 0 fully saturated rings. The lowest BCUT2D eigenvalue weighted by atomic mass is 9.92. The Labute approximate surface area is 136 Å². The molecule has 0 aliphatic rings. The first-order valence-electron chi connectivity index (χ1n) is 7.50. The molecule has 6 heteroatoms. The summed E-state index contributed by atoms with van der Waals surface area (Å²) in [5, 5.41) is 14.1. The van der Waals surface area contributed by atoms with Gasteiger partial charge < -0.3 is 15.7 Å². The molecule has 0 spiro atoms. The van der Waals surface area contributed by atoms with Gasteiger partial charge in [-0.05, 0) is 11.0 Å². The third-order valence-electron chi connectivity index (χ3n) is 3.05. The van der Waals surface area contributed by atoms with Crippen LogP contribution in [0.25, 0.3) is 0 Å². The average Bonchev–Trinajstić information content (AvgIpc) is 2.43. The molecule has 1 unspecified atom stereocenters. The van der Waals surface area contributed by atoms with Crippen molar-refractivity contribution < 1.29 is 19.5 Å². The highest BCUT2D eigenvalue weighted by molar-refractivity contribution is 5.88. The zero-order valence-electron chi connectivity index (χ0n) is 13.8. The highest BCUT2D eigenvalue weighted by Gasteiger charge is 2.21. The summed E-state index contributed by atoms with van der Waals surface area (Å²) in [6.45, 7) is 5.54. The molecule has 0 radical (unpaired) electrons. The zero-order chi connectivity index (χ0) is 17.5. The van der Waals surface area contributed by atoms with Gasteiger partial charge >= 0.3 is 5.97 Å². The Morgan fingerprint density at radius 1 is 1.09 bits per heavy atom. The minimum Gasteiger partial charge on any atom is -0.480 e. The number of carboxylic acid groups (broad SMARTS) is 1. The quantitative estimate of drug-likeness (QED) is 0.706. The Kier molecular flexibility index (Phi) is 6.75. The Bertz CT molecular complexity index is 549. The van der Waals surface area contributed by atoms with Gasteiger partial charge in [-0.15, -0.1) is 0 Å². The number of rotatable bonds is 7. The Morgan fingerprint density at radius 2 is 1.70 bits per heavy atom. The monoisotopic (exact) mass is 320 g/mol. The van der Waals surface area contributed by atoms with Crippen molar-refractivity contribution in [3.8, 4) is 0 Å². The molecule has 2 amide bonds. The summed E-state index contributed by atoms with van der Waals surface area (Å²) in [6, 6.07) is 8.03. The molecule has 1 aromatic rings. The van der Waals surface area contributed by atoms with Gasteiger partial charge in [0.15, 0.2) is 0 Å². The van der Waals surface area contributed by atoms with Crippen LogP contribution in [-0.2, 0) is 20.8 Å². The van der Waals surface area contributed by atoms with E-state index < -0.39 is 17.9 Å². The van der Waals surface area contributed by atoms with E-state index >= 15 is 0 Å². The number of nitrogens with one attached hydrogen (secondary N) is 2. The van der Waals surface area contributed by atoms with Crippen molar-refractivity contribution in [2.75, 3.05) is 6.54 Å². The average molecular weight is 320 g/mol. The van der Waals surface area contributed by atoms with Crippen molar-refractivity contribution in [3.63, 3.8) is 0 Å². The van der Waals surface area contributed by atoms with Gasteiger partial charge in [0.1, 0.15) is 6.04 Å². The Morgan fingerprint density at radius 3 is 2.22 bits per heavy atom. The molecule has 0 heterocycles. The van der Waals surface area contributed by atoms with Crippen LogP contribution in [0.2, 0.25) is 0 Å². The molecule has 0 aromatic heterocycles. The summed E-state index contributed by atoms with van der Waals surface area (Å²) in [5.41, 5.74) is 0.647. The van der Waals surface area contributed by atoms with Crippen LogP contribution in [-0.4, -0.2) is 35.5 Å². The normalized spacial score (nSPS) is 12.3. The number of aliphatic carboxylic acids is 1. The Hall–Kier alpha value is -2.37. The second-order valence-corrected chi connectivity index (χ2v) is 6.66. The van der Waals surface area contributed by atoms with E-state index in [-0.39, 0.29) is 24.3 Å². The Balaban J connectivity index is 2.49. The molecule has 23 heavy (non-hydrogen) atoms. The van der Waals surface area contributed by atoms with Crippen molar-refractivity contribution in [1.82, 2.24) is 10.6 Å². The fraction of sp³-hybridized carbons (Fsp3) is 0.471. The first kappa shape index (κ1) is 18.7.